The zero-order chi connectivity index (χ0) is 21.7. The van der Waals surface area contributed by atoms with Crippen LogP contribution in [0.2, 0.25) is 5.02 Å². The topological polar surface area (TPSA) is 76.2 Å². The van der Waals surface area contributed by atoms with E-state index >= 15 is 0 Å². The maximum absolute atomic E-state index is 11.0. The third kappa shape index (κ3) is 5.59. The molecule has 3 rings (SSSR count). The molecule has 0 radical (unpaired) electrons. The van der Waals surface area contributed by atoms with Crippen molar-refractivity contribution in [2.24, 2.45) is 0 Å². The second-order valence-electron chi connectivity index (χ2n) is 6.21. The Balaban J connectivity index is 1.86. The number of allylic oxidation sites excluding steroid dienone is 1. The van der Waals surface area contributed by atoms with Gasteiger partial charge in [0.2, 0.25) is 0 Å². The van der Waals surface area contributed by atoms with E-state index in [4.69, 9.17) is 16.3 Å². The van der Waals surface area contributed by atoms with E-state index in [0.29, 0.717) is 33.0 Å². The number of hydrogen-bond acceptors (Lipinski definition) is 4. The van der Waals surface area contributed by atoms with E-state index in [9.17, 15) is 15.4 Å². The van der Waals surface area contributed by atoms with E-state index in [-0.39, 0.29) is 11.3 Å². The standard InChI is InChI=1S/C22H13BrClIN2O3/c23-20-9-15(8-17(12-26)16-2-1-3-19(11-16)27(28)29)10-21(24)22(20)30-13-14-4-6-18(25)7-5-14/h1-11H,13H2/b17-8-. The van der Waals surface area contributed by atoms with Gasteiger partial charge in [-0.1, -0.05) is 35.9 Å². The smallest absolute Gasteiger partial charge is 0.270 e. The number of nitro benzene ring substituents is 1. The molecule has 0 aliphatic rings. The summed E-state index contributed by atoms with van der Waals surface area (Å²) in [5.74, 6) is 0.501. The minimum absolute atomic E-state index is 0.0767. The molecule has 0 aromatic heterocycles. The summed E-state index contributed by atoms with van der Waals surface area (Å²) in [5, 5.41) is 20.9. The highest BCUT2D eigenvalue weighted by atomic mass is 127. The summed E-state index contributed by atoms with van der Waals surface area (Å²) in [6, 6.07) is 19.5. The van der Waals surface area contributed by atoms with E-state index in [2.05, 4.69) is 44.6 Å². The second-order valence-corrected chi connectivity index (χ2v) is 8.71. The fourth-order valence-electron chi connectivity index (χ4n) is 2.67. The fourth-order valence-corrected chi connectivity index (χ4v) is 4.02. The zero-order valence-electron chi connectivity index (χ0n) is 15.3. The number of nitriles is 1. The number of nitro groups is 1. The van der Waals surface area contributed by atoms with Crippen molar-refractivity contribution in [3.8, 4) is 11.8 Å². The van der Waals surface area contributed by atoms with Gasteiger partial charge in [-0.05, 0) is 85.6 Å². The average molecular weight is 596 g/mol. The Labute approximate surface area is 200 Å². The van der Waals surface area contributed by atoms with Crippen molar-refractivity contribution in [1.29, 1.82) is 5.26 Å². The lowest BCUT2D eigenvalue weighted by atomic mass is 10.0. The molecular weight excluding hydrogens is 583 g/mol. The minimum atomic E-state index is -0.494. The summed E-state index contributed by atoms with van der Waals surface area (Å²) >= 11 is 12.1. The maximum atomic E-state index is 11.0. The van der Waals surface area contributed by atoms with Crippen molar-refractivity contribution in [2.75, 3.05) is 0 Å². The Morgan fingerprint density at radius 2 is 1.97 bits per heavy atom. The van der Waals surface area contributed by atoms with Crippen LogP contribution in [0.15, 0.2) is 65.1 Å². The molecule has 150 valence electrons. The third-order valence-corrected chi connectivity index (χ3v) is 5.71. The Hall–Kier alpha value is -2.41. The molecule has 0 saturated heterocycles. The highest BCUT2D eigenvalue weighted by Crippen LogP contribution is 2.36. The molecule has 0 saturated carbocycles. The predicted molar refractivity (Wildman–Crippen MR) is 129 cm³/mol. The molecule has 30 heavy (non-hydrogen) atoms. The van der Waals surface area contributed by atoms with Gasteiger partial charge < -0.3 is 4.74 Å². The van der Waals surface area contributed by atoms with E-state index < -0.39 is 4.92 Å². The first-order valence-electron chi connectivity index (χ1n) is 8.60. The molecule has 3 aromatic carbocycles. The lowest BCUT2D eigenvalue weighted by molar-refractivity contribution is -0.384. The van der Waals surface area contributed by atoms with Gasteiger partial charge >= 0.3 is 0 Å². The Bertz CT molecular complexity index is 1150. The maximum Gasteiger partial charge on any atom is 0.270 e. The van der Waals surface area contributed by atoms with Crippen LogP contribution in [0.5, 0.6) is 5.75 Å². The van der Waals surface area contributed by atoms with Crippen LogP contribution in [-0.2, 0) is 6.61 Å². The monoisotopic (exact) mass is 594 g/mol. The van der Waals surface area contributed by atoms with Crippen LogP contribution >= 0.6 is 50.1 Å². The highest BCUT2D eigenvalue weighted by Gasteiger charge is 2.12. The molecule has 8 heteroatoms. The number of hydrogen-bond donors (Lipinski definition) is 0. The Morgan fingerprint density at radius 1 is 1.23 bits per heavy atom. The number of halogens is 3. The molecule has 0 aliphatic carbocycles. The van der Waals surface area contributed by atoms with Crippen molar-refractivity contribution in [1.82, 2.24) is 0 Å². The Morgan fingerprint density at radius 3 is 2.60 bits per heavy atom. The minimum Gasteiger partial charge on any atom is -0.486 e. The molecule has 0 unspecified atom stereocenters. The number of benzene rings is 3. The SMILES string of the molecule is N#C/C(=C/c1cc(Cl)c(OCc2ccc(I)cc2)c(Br)c1)c1cccc([N+](=O)[O-])c1. The van der Waals surface area contributed by atoms with Gasteiger partial charge in [0.1, 0.15) is 6.61 Å². The van der Waals surface area contributed by atoms with Crippen molar-refractivity contribution in [3.63, 3.8) is 0 Å². The van der Waals surface area contributed by atoms with Crippen LogP contribution in [0, 0.1) is 25.0 Å². The van der Waals surface area contributed by atoms with E-state index in [1.807, 2.05) is 24.3 Å². The quantitative estimate of drug-likeness (QED) is 0.0989. The number of ether oxygens (including phenoxy) is 1. The predicted octanol–water partition coefficient (Wildman–Crippen LogP) is 7.26. The first kappa shape index (κ1) is 22.3. The molecule has 5 nitrogen and oxygen atoms in total. The molecule has 0 aliphatic heterocycles. The first-order valence-corrected chi connectivity index (χ1v) is 10.9. The number of non-ortho nitro benzene ring substituents is 1. The van der Waals surface area contributed by atoms with Gasteiger partial charge in [-0.2, -0.15) is 5.26 Å². The second kappa shape index (κ2) is 10.1. The molecule has 0 fully saturated rings. The first-order chi connectivity index (χ1) is 14.4. The van der Waals surface area contributed by atoms with Crippen LogP contribution in [0.1, 0.15) is 16.7 Å². The van der Waals surface area contributed by atoms with Gasteiger partial charge in [0, 0.05) is 15.7 Å². The average Bonchev–Trinajstić information content (AvgIpc) is 2.72. The molecule has 0 bridgehead atoms. The summed E-state index contributed by atoms with van der Waals surface area (Å²) in [7, 11) is 0. The molecule has 0 heterocycles. The fraction of sp³-hybridized carbons (Fsp3) is 0.0455. The lowest BCUT2D eigenvalue weighted by Crippen LogP contribution is -1.97. The van der Waals surface area contributed by atoms with Crippen molar-refractivity contribution < 1.29 is 9.66 Å². The van der Waals surface area contributed by atoms with Crippen LogP contribution in [0.3, 0.4) is 0 Å². The van der Waals surface area contributed by atoms with Crippen LogP contribution in [0.4, 0.5) is 5.69 Å². The van der Waals surface area contributed by atoms with Crippen molar-refractivity contribution in [3.05, 3.63) is 101 Å². The van der Waals surface area contributed by atoms with Crippen molar-refractivity contribution >= 4 is 67.5 Å². The van der Waals surface area contributed by atoms with Gasteiger partial charge in [-0.15, -0.1) is 0 Å². The van der Waals surface area contributed by atoms with Gasteiger partial charge in [-0.3, -0.25) is 10.1 Å². The van der Waals surface area contributed by atoms with Gasteiger partial charge in [-0.25, -0.2) is 0 Å². The van der Waals surface area contributed by atoms with Gasteiger partial charge in [0.25, 0.3) is 5.69 Å². The van der Waals surface area contributed by atoms with Crippen molar-refractivity contribution in [2.45, 2.75) is 6.61 Å². The van der Waals surface area contributed by atoms with Crippen LogP contribution in [-0.4, -0.2) is 4.92 Å². The van der Waals surface area contributed by atoms with Gasteiger partial charge in [0.15, 0.2) is 5.75 Å². The zero-order valence-corrected chi connectivity index (χ0v) is 19.8. The molecule has 0 N–H and O–H groups in total. The summed E-state index contributed by atoms with van der Waals surface area (Å²) in [6.45, 7) is 0.363. The van der Waals surface area contributed by atoms with E-state index in [1.54, 1.807) is 30.3 Å². The summed E-state index contributed by atoms with van der Waals surface area (Å²) in [4.78, 5) is 10.5. The van der Waals surface area contributed by atoms with Crippen LogP contribution < -0.4 is 4.74 Å². The van der Waals surface area contributed by atoms with Crippen LogP contribution in [0.25, 0.3) is 11.6 Å². The van der Waals surface area contributed by atoms with Gasteiger partial charge in [0.05, 0.1) is 26.1 Å². The van der Waals surface area contributed by atoms with E-state index in [0.717, 1.165) is 9.13 Å². The number of rotatable bonds is 6. The molecular formula is C22H13BrClIN2O3. The lowest BCUT2D eigenvalue weighted by Gasteiger charge is -2.11. The normalized spacial score (nSPS) is 11.1. The van der Waals surface area contributed by atoms with E-state index in [1.165, 1.54) is 12.1 Å². The third-order valence-electron chi connectivity index (χ3n) is 4.12. The molecule has 0 spiro atoms. The largest absolute Gasteiger partial charge is 0.486 e. The highest BCUT2D eigenvalue weighted by molar-refractivity contribution is 14.1. The number of nitrogens with zero attached hydrogens (tertiary/aromatic N) is 2. The Kier molecular flexibility index (Phi) is 7.48. The molecule has 0 atom stereocenters. The summed E-state index contributed by atoms with van der Waals surface area (Å²) < 4.78 is 7.65. The molecule has 0 amide bonds. The summed E-state index contributed by atoms with van der Waals surface area (Å²) in [6.07, 6.45) is 1.62. The molecule has 3 aromatic rings. The summed E-state index contributed by atoms with van der Waals surface area (Å²) in [5.41, 5.74) is 2.34.